The van der Waals surface area contributed by atoms with Crippen LogP contribution in [0.3, 0.4) is 0 Å². The van der Waals surface area contributed by atoms with E-state index in [1.807, 2.05) is 0 Å². The maximum atomic E-state index is 12.3. The molecule has 0 aliphatic rings. The van der Waals surface area contributed by atoms with Crippen LogP contribution in [0.15, 0.2) is 16.6 Å². The third-order valence-electron chi connectivity index (χ3n) is 1.47. The van der Waals surface area contributed by atoms with E-state index in [1.165, 1.54) is 12.1 Å². The monoisotopic (exact) mass is 265 g/mol. The Labute approximate surface area is 87.2 Å². The van der Waals surface area contributed by atoms with Crippen molar-refractivity contribution in [2.45, 2.75) is 6.43 Å². The number of methoxy groups -OCH3 is 1. The van der Waals surface area contributed by atoms with Crippen molar-refractivity contribution in [3.63, 3.8) is 0 Å². The van der Waals surface area contributed by atoms with Crippen LogP contribution in [-0.4, -0.2) is 18.1 Å². The lowest BCUT2D eigenvalue weighted by molar-refractivity contribution is 0.0592. The molecule has 1 aromatic heterocycles. The summed E-state index contributed by atoms with van der Waals surface area (Å²) in [5.74, 6) is -0.737. The molecule has 0 saturated carbocycles. The van der Waals surface area contributed by atoms with E-state index in [2.05, 4.69) is 25.7 Å². The Morgan fingerprint density at radius 2 is 2.21 bits per heavy atom. The van der Waals surface area contributed by atoms with E-state index in [4.69, 9.17) is 0 Å². The van der Waals surface area contributed by atoms with Crippen LogP contribution in [0.2, 0.25) is 0 Å². The van der Waals surface area contributed by atoms with Gasteiger partial charge >= 0.3 is 5.97 Å². The van der Waals surface area contributed by atoms with E-state index in [0.29, 0.717) is 0 Å². The fourth-order valence-electron chi connectivity index (χ4n) is 0.829. The fraction of sp³-hybridized carbons (Fsp3) is 0.250. The van der Waals surface area contributed by atoms with Gasteiger partial charge in [-0.2, -0.15) is 0 Å². The van der Waals surface area contributed by atoms with Crippen LogP contribution in [0.4, 0.5) is 8.78 Å². The highest BCUT2D eigenvalue weighted by molar-refractivity contribution is 9.10. The first-order valence-electron chi connectivity index (χ1n) is 3.59. The highest BCUT2D eigenvalue weighted by Crippen LogP contribution is 2.25. The molecule has 0 atom stereocenters. The first-order chi connectivity index (χ1) is 6.56. The van der Waals surface area contributed by atoms with Gasteiger partial charge in [0.05, 0.1) is 7.11 Å². The number of pyridine rings is 1. The summed E-state index contributed by atoms with van der Waals surface area (Å²) in [5, 5.41) is 0. The molecule has 14 heavy (non-hydrogen) atoms. The van der Waals surface area contributed by atoms with Crippen molar-refractivity contribution < 1.29 is 18.3 Å². The molecular weight excluding hydrogens is 260 g/mol. The molecule has 0 unspecified atom stereocenters. The van der Waals surface area contributed by atoms with Crippen LogP contribution in [0, 0.1) is 0 Å². The summed E-state index contributed by atoms with van der Waals surface area (Å²) in [4.78, 5) is 14.4. The highest BCUT2D eigenvalue weighted by atomic mass is 79.9. The number of carbonyl (C=O) groups excluding carboxylic acids is 1. The number of carbonyl (C=O) groups is 1. The number of aromatic nitrogens is 1. The van der Waals surface area contributed by atoms with Crippen LogP contribution in [0.1, 0.15) is 22.6 Å². The number of alkyl halides is 2. The average molecular weight is 266 g/mol. The third-order valence-corrected chi connectivity index (χ3v) is 2.14. The Kier molecular flexibility index (Phi) is 3.51. The van der Waals surface area contributed by atoms with Crippen molar-refractivity contribution >= 4 is 21.9 Å². The van der Waals surface area contributed by atoms with Crippen LogP contribution < -0.4 is 0 Å². The van der Waals surface area contributed by atoms with Gasteiger partial charge in [-0.3, -0.25) is 0 Å². The zero-order valence-electron chi connectivity index (χ0n) is 7.13. The molecule has 0 amide bonds. The average Bonchev–Trinajstić information content (AvgIpc) is 2.17. The number of esters is 1. The predicted octanol–water partition coefficient (Wildman–Crippen LogP) is 2.57. The van der Waals surface area contributed by atoms with Gasteiger partial charge in [-0.25, -0.2) is 18.6 Å². The fourth-order valence-corrected chi connectivity index (χ4v) is 1.22. The normalized spacial score (nSPS) is 10.4. The van der Waals surface area contributed by atoms with Crippen molar-refractivity contribution in [2.24, 2.45) is 0 Å². The predicted molar refractivity (Wildman–Crippen MR) is 48.2 cm³/mol. The zero-order chi connectivity index (χ0) is 10.7. The van der Waals surface area contributed by atoms with Crippen LogP contribution in [-0.2, 0) is 4.74 Å². The molecule has 0 radical (unpaired) electrons. The second-order valence-corrected chi connectivity index (χ2v) is 3.21. The van der Waals surface area contributed by atoms with E-state index >= 15 is 0 Å². The van der Waals surface area contributed by atoms with Gasteiger partial charge in [0.2, 0.25) is 0 Å². The summed E-state index contributed by atoms with van der Waals surface area (Å²) in [5.41, 5.74) is -0.598. The molecule has 1 rings (SSSR count). The van der Waals surface area contributed by atoms with Crippen molar-refractivity contribution in [1.29, 1.82) is 0 Å². The minimum Gasteiger partial charge on any atom is -0.464 e. The first kappa shape index (κ1) is 11.0. The topological polar surface area (TPSA) is 39.2 Å². The highest BCUT2D eigenvalue weighted by Gasteiger charge is 2.16. The lowest BCUT2D eigenvalue weighted by Gasteiger charge is -2.04. The minimum atomic E-state index is -2.73. The van der Waals surface area contributed by atoms with Crippen molar-refractivity contribution in [3.8, 4) is 0 Å². The molecule has 0 spiro atoms. The van der Waals surface area contributed by atoms with Crippen LogP contribution in [0.5, 0.6) is 0 Å². The molecule has 0 N–H and O–H groups in total. The smallest absolute Gasteiger partial charge is 0.356 e. The van der Waals surface area contributed by atoms with Gasteiger partial charge < -0.3 is 4.74 Å². The number of ether oxygens (including phenoxy) is 1. The number of rotatable bonds is 2. The van der Waals surface area contributed by atoms with Gasteiger partial charge in [0.15, 0.2) is 0 Å². The second-order valence-electron chi connectivity index (χ2n) is 2.36. The van der Waals surface area contributed by atoms with E-state index < -0.39 is 18.1 Å². The van der Waals surface area contributed by atoms with Crippen LogP contribution in [0.25, 0.3) is 0 Å². The maximum absolute atomic E-state index is 12.3. The molecule has 0 aromatic carbocycles. The van der Waals surface area contributed by atoms with E-state index in [0.717, 1.165) is 7.11 Å². The standard InChI is InChI=1S/C8H6BrF2NO2/c1-14-8(13)5-3-2-4(9)6(12-5)7(10)11/h2-3,7H,1H3. The Morgan fingerprint density at radius 1 is 1.57 bits per heavy atom. The summed E-state index contributed by atoms with van der Waals surface area (Å²) < 4.78 is 29.2. The van der Waals surface area contributed by atoms with E-state index in [9.17, 15) is 13.6 Å². The zero-order valence-corrected chi connectivity index (χ0v) is 8.72. The lowest BCUT2D eigenvalue weighted by Crippen LogP contribution is -2.06. The number of hydrogen-bond donors (Lipinski definition) is 0. The SMILES string of the molecule is COC(=O)c1ccc(Br)c(C(F)F)n1. The van der Waals surface area contributed by atoms with Crippen LogP contribution >= 0.6 is 15.9 Å². The minimum absolute atomic E-state index is 0.133. The van der Waals surface area contributed by atoms with Gasteiger partial charge in [-0.1, -0.05) is 0 Å². The number of nitrogens with zero attached hydrogens (tertiary/aromatic N) is 1. The van der Waals surface area contributed by atoms with Gasteiger partial charge in [-0.05, 0) is 28.1 Å². The van der Waals surface area contributed by atoms with Gasteiger partial charge in [0, 0.05) is 4.47 Å². The number of hydrogen-bond acceptors (Lipinski definition) is 3. The Balaban J connectivity index is 3.13. The summed E-state index contributed by atoms with van der Waals surface area (Å²) >= 11 is 2.91. The quantitative estimate of drug-likeness (QED) is 0.772. The molecule has 3 nitrogen and oxygen atoms in total. The summed E-state index contributed by atoms with van der Waals surface area (Å²) in [6.45, 7) is 0. The third kappa shape index (κ3) is 2.25. The first-order valence-corrected chi connectivity index (χ1v) is 4.38. The molecular formula is C8H6BrF2NO2. The molecule has 0 bridgehead atoms. The molecule has 0 aliphatic carbocycles. The van der Waals surface area contributed by atoms with Crippen molar-refractivity contribution in [3.05, 3.63) is 28.0 Å². The Hall–Kier alpha value is -1.04. The summed E-state index contributed by atoms with van der Waals surface area (Å²) in [6.07, 6.45) is -2.73. The largest absolute Gasteiger partial charge is 0.464 e. The summed E-state index contributed by atoms with van der Waals surface area (Å²) in [6, 6.07) is 2.64. The van der Waals surface area contributed by atoms with Crippen molar-refractivity contribution in [1.82, 2.24) is 4.98 Å². The van der Waals surface area contributed by atoms with Gasteiger partial charge in [0.25, 0.3) is 6.43 Å². The second kappa shape index (κ2) is 4.45. The molecule has 0 saturated heterocycles. The molecule has 1 heterocycles. The van der Waals surface area contributed by atoms with E-state index in [-0.39, 0.29) is 10.2 Å². The summed E-state index contributed by atoms with van der Waals surface area (Å²) in [7, 11) is 1.16. The van der Waals surface area contributed by atoms with Gasteiger partial charge in [-0.15, -0.1) is 0 Å². The molecule has 1 aromatic rings. The molecule has 0 aliphatic heterocycles. The molecule has 0 fully saturated rings. The Bertz CT molecular complexity index is 357. The van der Waals surface area contributed by atoms with Crippen molar-refractivity contribution in [2.75, 3.05) is 7.11 Å². The lowest BCUT2D eigenvalue weighted by atomic mass is 10.3. The maximum Gasteiger partial charge on any atom is 0.356 e. The Morgan fingerprint density at radius 3 is 2.71 bits per heavy atom. The molecule has 6 heteroatoms. The van der Waals surface area contributed by atoms with Gasteiger partial charge in [0.1, 0.15) is 11.4 Å². The van der Waals surface area contributed by atoms with E-state index in [1.54, 1.807) is 0 Å². The molecule has 76 valence electrons. The number of halogens is 3.